The van der Waals surface area contributed by atoms with E-state index in [4.69, 9.17) is 0 Å². The summed E-state index contributed by atoms with van der Waals surface area (Å²) in [5, 5.41) is 0.560. The number of anilines is 1. The minimum absolute atomic E-state index is 0.0249. The lowest BCUT2D eigenvalue weighted by Gasteiger charge is -2.16. The van der Waals surface area contributed by atoms with Gasteiger partial charge in [0.2, 0.25) is 10.0 Å². The molecule has 0 saturated carbocycles. The number of fused-ring (bicyclic) bond motifs is 1. The highest BCUT2D eigenvalue weighted by molar-refractivity contribution is 7.99. The highest BCUT2D eigenvalue weighted by Gasteiger charge is 2.26. The molecule has 1 aliphatic rings. The van der Waals surface area contributed by atoms with Crippen LogP contribution < -0.4 is 4.31 Å². The third kappa shape index (κ3) is 3.53. The van der Waals surface area contributed by atoms with E-state index in [1.807, 2.05) is 0 Å². The zero-order valence-electron chi connectivity index (χ0n) is 12.5. The van der Waals surface area contributed by atoms with Gasteiger partial charge in [0.05, 0.1) is 17.7 Å². The Bertz CT molecular complexity index is 838. The summed E-state index contributed by atoms with van der Waals surface area (Å²) in [6.45, 7) is 0.429. The first-order valence-corrected chi connectivity index (χ1v) is 9.82. The van der Waals surface area contributed by atoms with Gasteiger partial charge >= 0.3 is 0 Å². The van der Waals surface area contributed by atoms with Crippen molar-refractivity contribution in [2.24, 2.45) is 0 Å². The average molecular weight is 349 g/mol. The summed E-state index contributed by atoms with van der Waals surface area (Å²) in [5.41, 5.74) is 2.15. The van der Waals surface area contributed by atoms with E-state index in [0.29, 0.717) is 29.4 Å². The Morgan fingerprint density at radius 1 is 1.30 bits per heavy atom. The fourth-order valence-electron chi connectivity index (χ4n) is 2.46. The maximum absolute atomic E-state index is 12.3. The van der Waals surface area contributed by atoms with Gasteiger partial charge in [0.25, 0.3) is 0 Å². The van der Waals surface area contributed by atoms with Crippen molar-refractivity contribution in [2.45, 2.75) is 11.6 Å². The van der Waals surface area contributed by atoms with Crippen LogP contribution in [0.25, 0.3) is 0 Å². The Balaban J connectivity index is 1.74. The summed E-state index contributed by atoms with van der Waals surface area (Å²) < 4.78 is 24.8. The molecule has 0 spiro atoms. The monoisotopic (exact) mass is 349 g/mol. The molecular weight excluding hydrogens is 334 g/mol. The minimum Gasteiger partial charge on any atom is -0.293 e. The van der Waals surface area contributed by atoms with E-state index in [-0.39, 0.29) is 11.5 Å². The molecule has 3 rings (SSSR count). The molecule has 0 bridgehead atoms. The molecule has 0 amide bonds. The quantitative estimate of drug-likeness (QED) is 0.465. The SMILES string of the molecule is CS(=O)(=O)N1CCc2cc(C(=O)CSc3ncccn3)ccc21. The Labute approximate surface area is 139 Å². The van der Waals surface area contributed by atoms with Crippen LogP contribution in [0.1, 0.15) is 15.9 Å². The molecule has 6 nitrogen and oxygen atoms in total. The normalized spacial score (nSPS) is 13.9. The van der Waals surface area contributed by atoms with Crippen LogP contribution in [0.5, 0.6) is 0 Å². The van der Waals surface area contributed by atoms with Gasteiger partial charge in [-0.15, -0.1) is 0 Å². The van der Waals surface area contributed by atoms with Crippen LogP contribution in [-0.4, -0.2) is 42.7 Å². The van der Waals surface area contributed by atoms with Crippen LogP contribution in [0.15, 0.2) is 41.8 Å². The summed E-state index contributed by atoms with van der Waals surface area (Å²) in [5.74, 6) is 0.224. The second kappa shape index (κ2) is 6.29. The van der Waals surface area contributed by atoms with E-state index in [1.54, 1.807) is 36.7 Å². The maximum Gasteiger partial charge on any atom is 0.232 e. The zero-order chi connectivity index (χ0) is 16.4. The van der Waals surface area contributed by atoms with Gasteiger partial charge in [0, 0.05) is 24.5 Å². The fraction of sp³-hybridized carbons (Fsp3) is 0.267. The van der Waals surface area contributed by atoms with Crippen molar-refractivity contribution in [3.63, 3.8) is 0 Å². The number of aromatic nitrogens is 2. The standard InChI is InChI=1S/C15H15N3O3S2/c1-23(20,21)18-8-5-11-9-12(3-4-13(11)18)14(19)10-22-15-16-6-2-7-17-15/h2-4,6-7,9H,5,8,10H2,1H3. The fourth-order valence-corrected chi connectivity index (χ4v) is 4.12. The van der Waals surface area contributed by atoms with Crippen LogP contribution in [0, 0.1) is 0 Å². The molecule has 0 N–H and O–H groups in total. The molecule has 0 radical (unpaired) electrons. The van der Waals surface area contributed by atoms with Crippen LogP contribution in [0.2, 0.25) is 0 Å². The van der Waals surface area contributed by atoms with Crippen molar-refractivity contribution < 1.29 is 13.2 Å². The first kappa shape index (κ1) is 15.9. The number of thioether (sulfide) groups is 1. The number of hydrogen-bond donors (Lipinski definition) is 0. The molecule has 23 heavy (non-hydrogen) atoms. The van der Waals surface area contributed by atoms with Crippen molar-refractivity contribution in [1.82, 2.24) is 9.97 Å². The van der Waals surface area contributed by atoms with Gasteiger partial charge in [-0.3, -0.25) is 9.10 Å². The number of Topliss-reactive ketones (excluding diaryl/α,β-unsaturated/α-hetero) is 1. The molecule has 0 aliphatic carbocycles. The highest BCUT2D eigenvalue weighted by atomic mass is 32.2. The van der Waals surface area contributed by atoms with E-state index in [2.05, 4.69) is 9.97 Å². The first-order chi connectivity index (χ1) is 10.9. The first-order valence-electron chi connectivity index (χ1n) is 6.99. The van der Waals surface area contributed by atoms with Crippen LogP contribution in [0.4, 0.5) is 5.69 Å². The van der Waals surface area contributed by atoms with Gasteiger partial charge in [0.15, 0.2) is 10.9 Å². The number of hydrogen-bond acceptors (Lipinski definition) is 6. The maximum atomic E-state index is 12.3. The van der Waals surface area contributed by atoms with E-state index < -0.39 is 10.0 Å². The molecule has 2 heterocycles. The molecule has 0 unspecified atom stereocenters. The molecule has 120 valence electrons. The third-order valence-corrected chi connectivity index (χ3v) is 5.58. The predicted octanol–water partition coefficient (Wildman–Crippen LogP) is 1.77. The van der Waals surface area contributed by atoms with Crippen LogP contribution in [0.3, 0.4) is 0 Å². The van der Waals surface area contributed by atoms with Crippen LogP contribution >= 0.6 is 11.8 Å². The summed E-state index contributed by atoms with van der Waals surface area (Å²) in [6, 6.07) is 6.90. The van der Waals surface area contributed by atoms with Gasteiger partial charge in [-0.1, -0.05) is 11.8 Å². The number of carbonyl (C=O) groups is 1. The Morgan fingerprint density at radius 3 is 2.74 bits per heavy atom. The van der Waals surface area contributed by atoms with Gasteiger partial charge in [0.1, 0.15) is 0 Å². The van der Waals surface area contributed by atoms with Gasteiger partial charge in [-0.2, -0.15) is 0 Å². The largest absolute Gasteiger partial charge is 0.293 e. The number of rotatable bonds is 5. The molecule has 1 aliphatic heterocycles. The molecule has 8 heteroatoms. The summed E-state index contributed by atoms with van der Waals surface area (Å²) in [6.07, 6.45) is 5.08. The minimum atomic E-state index is -3.27. The molecule has 1 aromatic carbocycles. The Hall–Kier alpha value is -1.93. The highest BCUT2D eigenvalue weighted by Crippen LogP contribution is 2.31. The number of nitrogens with zero attached hydrogens (tertiary/aromatic N) is 3. The average Bonchev–Trinajstić information content (AvgIpc) is 2.96. The lowest BCUT2D eigenvalue weighted by Crippen LogP contribution is -2.27. The lowest BCUT2D eigenvalue weighted by molar-refractivity contribution is 0.102. The lowest BCUT2D eigenvalue weighted by atomic mass is 10.1. The van der Waals surface area contributed by atoms with Crippen molar-refractivity contribution >= 4 is 33.3 Å². The topological polar surface area (TPSA) is 80.2 Å². The molecule has 1 aromatic heterocycles. The summed E-state index contributed by atoms with van der Waals surface area (Å²) >= 11 is 1.28. The smallest absolute Gasteiger partial charge is 0.232 e. The Kier molecular flexibility index (Phi) is 4.36. The molecule has 0 fully saturated rings. The predicted molar refractivity (Wildman–Crippen MR) is 89.4 cm³/mol. The van der Waals surface area contributed by atoms with Crippen molar-refractivity contribution in [3.8, 4) is 0 Å². The van der Waals surface area contributed by atoms with Gasteiger partial charge in [-0.25, -0.2) is 18.4 Å². The number of ketones is 1. The zero-order valence-corrected chi connectivity index (χ0v) is 14.1. The summed E-state index contributed by atoms with van der Waals surface area (Å²) in [7, 11) is -3.27. The van der Waals surface area contributed by atoms with Crippen molar-refractivity contribution in [1.29, 1.82) is 0 Å². The van der Waals surface area contributed by atoms with Crippen molar-refractivity contribution in [2.75, 3.05) is 22.9 Å². The van der Waals surface area contributed by atoms with Gasteiger partial charge in [-0.05, 0) is 36.2 Å². The van der Waals surface area contributed by atoms with E-state index in [0.717, 1.165) is 5.56 Å². The number of carbonyl (C=O) groups excluding carboxylic acids is 1. The van der Waals surface area contributed by atoms with Crippen molar-refractivity contribution in [3.05, 3.63) is 47.8 Å². The van der Waals surface area contributed by atoms with E-state index in [9.17, 15) is 13.2 Å². The number of benzene rings is 1. The van der Waals surface area contributed by atoms with Crippen LogP contribution in [-0.2, 0) is 16.4 Å². The third-order valence-electron chi connectivity index (χ3n) is 3.53. The second-order valence-electron chi connectivity index (χ2n) is 5.17. The van der Waals surface area contributed by atoms with Gasteiger partial charge < -0.3 is 0 Å². The molecule has 0 atom stereocenters. The molecular formula is C15H15N3O3S2. The summed E-state index contributed by atoms with van der Waals surface area (Å²) in [4.78, 5) is 20.4. The molecule has 2 aromatic rings. The molecule has 0 saturated heterocycles. The Morgan fingerprint density at radius 2 is 2.04 bits per heavy atom. The second-order valence-corrected chi connectivity index (χ2v) is 8.02. The van der Waals surface area contributed by atoms with E-state index >= 15 is 0 Å². The van der Waals surface area contributed by atoms with E-state index in [1.165, 1.54) is 22.3 Å². The number of sulfonamides is 1.